The van der Waals surface area contributed by atoms with Crippen molar-refractivity contribution in [3.63, 3.8) is 0 Å². The largest absolute Gasteiger partial charge is 0.462 e. The predicted molar refractivity (Wildman–Crippen MR) is 110 cm³/mol. The third kappa shape index (κ3) is 4.86. The number of aromatic nitrogens is 1. The van der Waals surface area contributed by atoms with Gasteiger partial charge in [-0.25, -0.2) is 9.78 Å². The molecule has 0 atom stereocenters. The molecule has 1 heterocycles. The fraction of sp³-hybridized carbons (Fsp3) is 0.450. The van der Waals surface area contributed by atoms with Crippen molar-refractivity contribution in [1.29, 1.82) is 0 Å². The molecule has 0 unspecified atom stereocenters. The lowest BCUT2D eigenvalue weighted by Gasteiger charge is -2.22. The van der Waals surface area contributed by atoms with Crippen molar-refractivity contribution >= 4 is 34.0 Å². The first kappa shape index (κ1) is 20.9. The van der Waals surface area contributed by atoms with Crippen molar-refractivity contribution in [1.82, 2.24) is 4.98 Å². The van der Waals surface area contributed by atoms with Crippen LogP contribution in [0, 0.1) is 6.92 Å². The monoisotopic (exact) mass is 389 g/mol. The molecule has 6 nitrogen and oxygen atoms in total. The second kappa shape index (κ2) is 9.50. The molecule has 1 aromatic heterocycles. The zero-order chi connectivity index (χ0) is 20.0. The van der Waals surface area contributed by atoms with Gasteiger partial charge in [0.1, 0.15) is 4.88 Å². The highest BCUT2D eigenvalue weighted by molar-refractivity contribution is 7.17. The molecule has 0 saturated heterocycles. The zero-order valence-corrected chi connectivity index (χ0v) is 17.4. The number of thiazole rings is 1. The van der Waals surface area contributed by atoms with Crippen LogP contribution >= 0.6 is 11.3 Å². The summed E-state index contributed by atoms with van der Waals surface area (Å²) in [5.74, 6) is -0.566. The van der Waals surface area contributed by atoms with Gasteiger partial charge in [-0.2, -0.15) is 0 Å². The maximum absolute atomic E-state index is 12.8. The fourth-order valence-corrected chi connectivity index (χ4v) is 3.67. The molecular formula is C20H27N3O3S. The van der Waals surface area contributed by atoms with Crippen LogP contribution in [-0.2, 0) is 4.74 Å². The van der Waals surface area contributed by atoms with Crippen molar-refractivity contribution in [2.75, 3.05) is 36.5 Å². The van der Waals surface area contributed by atoms with E-state index in [9.17, 15) is 9.59 Å². The highest BCUT2D eigenvalue weighted by Crippen LogP contribution is 2.27. The van der Waals surface area contributed by atoms with Gasteiger partial charge in [0, 0.05) is 31.4 Å². The van der Waals surface area contributed by atoms with Crippen molar-refractivity contribution in [3.05, 3.63) is 40.4 Å². The van der Waals surface area contributed by atoms with E-state index in [1.807, 2.05) is 24.3 Å². The van der Waals surface area contributed by atoms with Gasteiger partial charge >= 0.3 is 5.97 Å². The smallest absolute Gasteiger partial charge is 0.350 e. The van der Waals surface area contributed by atoms with E-state index < -0.39 is 5.97 Å². The summed E-state index contributed by atoms with van der Waals surface area (Å²) in [4.78, 5) is 33.3. The summed E-state index contributed by atoms with van der Waals surface area (Å²) in [5, 5.41) is 0.478. The van der Waals surface area contributed by atoms with Gasteiger partial charge in [-0.15, -0.1) is 0 Å². The van der Waals surface area contributed by atoms with Crippen molar-refractivity contribution in [2.45, 2.75) is 34.1 Å². The minimum absolute atomic E-state index is 0.163. The Morgan fingerprint density at radius 1 is 1.15 bits per heavy atom. The van der Waals surface area contributed by atoms with Crippen LogP contribution in [0.1, 0.15) is 52.9 Å². The van der Waals surface area contributed by atoms with Crippen molar-refractivity contribution < 1.29 is 14.3 Å². The number of hydrogen-bond donors (Lipinski definition) is 0. The standard InChI is InChI=1S/C20H27N3O3S/c1-6-13-23(7-2)16-11-9-15(10-12-16)18(24)22(5)20-21-14(4)17(27-20)19(25)26-8-3/h9-12H,6-8,13H2,1-5H3. The number of ether oxygens (including phenoxy) is 1. The van der Waals surface area contributed by atoms with E-state index in [2.05, 4.69) is 23.7 Å². The minimum Gasteiger partial charge on any atom is -0.462 e. The van der Waals surface area contributed by atoms with Crippen LogP contribution < -0.4 is 9.80 Å². The summed E-state index contributed by atoms with van der Waals surface area (Å²) in [6.07, 6.45) is 1.07. The average Bonchev–Trinajstić information content (AvgIpc) is 3.07. The molecular weight excluding hydrogens is 362 g/mol. The molecule has 1 amide bonds. The fourth-order valence-electron chi connectivity index (χ4n) is 2.75. The van der Waals surface area contributed by atoms with Crippen LogP contribution in [0.2, 0.25) is 0 Å². The zero-order valence-electron chi connectivity index (χ0n) is 16.6. The number of esters is 1. The molecule has 27 heavy (non-hydrogen) atoms. The Hall–Kier alpha value is -2.41. The summed E-state index contributed by atoms with van der Waals surface area (Å²) in [6, 6.07) is 7.60. The van der Waals surface area contributed by atoms with Gasteiger partial charge in [-0.05, 0) is 51.5 Å². The van der Waals surface area contributed by atoms with Crippen LogP contribution in [0.4, 0.5) is 10.8 Å². The highest BCUT2D eigenvalue weighted by Gasteiger charge is 2.22. The molecule has 1 aromatic carbocycles. The first-order valence-electron chi connectivity index (χ1n) is 9.20. The number of nitrogens with zero attached hydrogens (tertiary/aromatic N) is 3. The molecule has 2 rings (SSSR count). The third-order valence-corrected chi connectivity index (χ3v) is 5.41. The molecule has 7 heteroatoms. The highest BCUT2D eigenvalue weighted by atomic mass is 32.1. The number of amides is 1. The molecule has 146 valence electrons. The number of hydrogen-bond acceptors (Lipinski definition) is 6. The second-order valence-corrected chi connectivity index (χ2v) is 7.10. The number of anilines is 2. The number of benzene rings is 1. The van der Waals surface area contributed by atoms with Crippen molar-refractivity contribution in [2.24, 2.45) is 0 Å². The third-order valence-electron chi connectivity index (χ3n) is 4.19. The van der Waals surface area contributed by atoms with Crippen LogP contribution in [0.5, 0.6) is 0 Å². The van der Waals surface area contributed by atoms with Crippen molar-refractivity contribution in [3.8, 4) is 0 Å². The number of carbonyl (C=O) groups is 2. The molecule has 0 N–H and O–H groups in total. The first-order chi connectivity index (χ1) is 12.9. The van der Waals surface area contributed by atoms with Gasteiger partial charge in [0.05, 0.1) is 12.3 Å². The van der Waals surface area contributed by atoms with Crippen LogP contribution in [0.25, 0.3) is 0 Å². The molecule has 0 aliphatic heterocycles. The molecule has 0 aliphatic rings. The van der Waals surface area contributed by atoms with Gasteiger partial charge in [0.25, 0.3) is 5.91 Å². The normalized spacial score (nSPS) is 10.6. The molecule has 0 bridgehead atoms. The SMILES string of the molecule is CCCN(CC)c1ccc(C(=O)N(C)c2nc(C)c(C(=O)OCC)s2)cc1. The molecule has 0 radical (unpaired) electrons. The topological polar surface area (TPSA) is 62.7 Å². The quantitative estimate of drug-likeness (QED) is 0.635. The molecule has 0 aliphatic carbocycles. The Balaban J connectivity index is 2.17. The lowest BCUT2D eigenvalue weighted by atomic mass is 10.1. The summed E-state index contributed by atoms with van der Waals surface area (Å²) in [7, 11) is 1.67. The minimum atomic E-state index is -0.403. The maximum atomic E-state index is 12.8. The van der Waals surface area contributed by atoms with Gasteiger partial charge in [-0.3, -0.25) is 9.69 Å². The van der Waals surface area contributed by atoms with E-state index in [1.165, 1.54) is 16.2 Å². The second-order valence-electron chi connectivity index (χ2n) is 6.12. The van der Waals surface area contributed by atoms with Gasteiger partial charge < -0.3 is 9.64 Å². The lowest BCUT2D eigenvalue weighted by molar-refractivity contribution is 0.0531. The molecule has 0 saturated carbocycles. The number of rotatable bonds is 8. The summed E-state index contributed by atoms with van der Waals surface area (Å²) in [5.41, 5.74) is 2.26. The summed E-state index contributed by atoms with van der Waals surface area (Å²) >= 11 is 1.17. The molecule has 0 spiro atoms. The Kier molecular flexibility index (Phi) is 7.36. The van der Waals surface area contributed by atoms with E-state index >= 15 is 0 Å². The van der Waals surface area contributed by atoms with Crippen LogP contribution in [0.15, 0.2) is 24.3 Å². The van der Waals surface area contributed by atoms with E-state index in [0.29, 0.717) is 27.9 Å². The lowest BCUT2D eigenvalue weighted by Crippen LogP contribution is -2.26. The first-order valence-corrected chi connectivity index (χ1v) is 10.0. The average molecular weight is 390 g/mol. The Morgan fingerprint density at radius 2 is 1.81 bits per heavy atom. The summed E-state index contributed by atoms with van der Waals surface area (Å²) < 4.78 is 5.04. The van der Waals surface area contributed by atoms with E-state index in [-0.39, 0.29) is 5.91 Å². The Morgan fingerprint density at radius 3 is 2.37 bits per heavy atom. The van der Waals surface area contributed by atoms with Gasteiger partial charge in [0.15, 0.2) is 5.13 Å². The van der Waals surface area contributed by atoms with Gasteiger partial charge in [0.2, 0.25) is 0 Å². The molecule has 0 fully saturated rings. The Labute approximate surface area is 164 Å². The maximum Gasteiger partial charge on any atom is 0.350 e. The van der Waals surface area contributed by atoms with E-state index in [4.69, 9.17) is 4.74 Å². The Bertz CT molecular complexity index is 786. The summed E-state index contributed by atoms with van der Waals surface area (Å²) in [6.45, 7) is 9.99. The van der Waals surface area contributed by atoms with E-state index in [0.717, 1.165) is 25.2 Å². The molecule has 2 aromatic rings. The predicted octanol–water partition coefficient (Wildman–Crippen LogP) is 4.14. The number of carbonyl (C=O) groups excluding carboxylic acids is 2. The van der Waals surface area contributed by atoms with E-state index in [1.54, 1.807) is 20.9 Å². The van der Waals surface area contributed by atoms with Gasteiger partial charge in [-0.1, -0.05) is 18.3 Å². The van der Waals surface area contributed by atoms with Crippen LogP contribution in [0.3, 0.4) is 0 Å². The van der Waals surface area contributed by atoms with Crippen LogP contribution in [-0.4, -0.2) is 43.6 Å². The number of aryl methyl sites for hydroxylation is 1.